The lowest BCUT2D eigenvalue weighted by Gasteiger charge is -2.16. The standard InChI is InChI=1S/C14H18N2O6/c1-9(17)22-12-7-6-10(19-3)8-11(12)13(15-20-4)14(18)16(2)21-5/h6-8H,1-5H3/b15-13+. The number of hydrogen-bond acceptors (Lipinski definition) is 7. The summed E-state index contributed by atoms with van der Waals surface area (Å²) in [5.41, 5.74) is 0.146. The number of hydroxylamine groups is 2. The van der Waals surface area contributed by atoms with Crippen molar-refractivity contribution in [2.45, 2.75) is 6.92 Å². The third-order valence-electron chi connectivity index (χ3n) is 2.64. The molecule has 0 heterocycles. The van der Waals surface area contributed by atoms with Crippen molar-refractivity contribution >= 4 is 17.6 Å². The average molecular weight is 310 g/mol. The molecule has 1 amide bonds. The van der Waals surface area contributed by atoms with Crippen LogP contribution in [-0.2, 0) is 19.3 Å². The van der Waals surface area contributed by atoms with E-state index in [2.05, 4.69) is 5.16 Å². The largest absolute Gasteiger partial charge is 0.497 e. The van der Waals surface area contributed by atoms with E-state index in [1.165, 1.54) is 47.4 Å². The number of carbonyl (C=O) groups is 2. The Hall–Kier alpha value is -2.61. The molecule has 0 aliphatic heterocycles. The summed E-state index contributed by atoms with van der Waals surface area (Å²) in [6.45, 7) is 1.25. The SMILES string of the molecule is CO/N=C(/C(=O)N(C)OC)c1cc(OC)ccc1OC(C)=O. The van der Waals surface area contributed by atoms with Gasteiger partial charge in [0.15, 0.2) is 5.71 Å². The monoisotopic (exact) mass is 310 g/mol. The summed E-state index contributed by atoms with van der Waals surface area (Å²) in [4.78, 5) is 33.1. The first-order chi connectivity index (χ1) is 10.4. The Bertz CT molecular complexity index is 585. The minimum atomic E-state index is -0.578. The zero-order valence-electron chi connectivity index (χ0n) is 13.1. The van der Waals surface area contributed by atoms with E-state index in [-0.39, 0.29) is 17.0 Å². The molecule has 0 radical (unpaired) electrons. The second kappa shape index (κ2) is 7.99. The summed E-state index contributed by atoms with van der Waals surface area (Å²) in [5.74, 6) is -0.494. The van der Waals surface area contributed by atoms with Gasteiger partial charge in [0.2, 0.25) is 0 Å². The van der Waals surface area contributed by atoms with Crippen LogP contribution in [-0.4, -0.2) is 51.0 Å². The Balaban J connectivity index is 3.41. The van der Waals surface area contributed by atoms with Crippen molar-refractivity contribution in [1.29, 1.82) is 0 Å². The zero-order valence-corrected chi connectivity index (χ0v) is 13.1. The maximum atomic E-state index is 12.3. The molecule has 0 bridgehead atoms. The molecule has 0 atom stereocenters. The molecule has 120 valence electrons. The summed E-state index contributed by atoms with van der Waals surface area (Å²) in [6, 6.07) is 4.61. The second-order valence-corrected chi connectivity index (χ2v) is 4.06. The number of amides is 1. The number of nitrogens with zero attached hydrogens (tertiary/aromatic N) is 2. The van der Waals surface area contributed by atoms with Crippen molar-refractivity contribution in [1.82, 2.24) is 5.06 Å². The number of likely N-dealkylation sites (N-methyl/N-ethyl adjacent to an activating group) is 1. The fourth-order valence-electron chi connectivity index (χ4n) is 1.59. The predicted octanol–water partition coefficient (Wildman–Crippen LogP) is 0.991. The van der Waals surface area contributed by atoms with Crippen LogP contribution in [0.2, 0.25) is 0 Å². The molecule has 0 fully saturated rings. The Morgan fingerprint density at radius 2 is 1.86 bits per heavy atom. The van der Waals surface area contributed by atoms with Gasteiger partial charge in [-0.3, -0.25) is 14.4 Å². The van der Waals surface area contributed by atoms with Gasteiger partial charge in [0, 0.05) is 14.0 Å². The highest BCUT2D eigenvalue weighted by Crippen LogP contribution is 2.26. The summed E-state index contributed by atoms with van der Waals surface area (Å²) in [6.07, 6.45) is 0. The number of carbonyl (C=O) groups excluding carboxylic acids is 2. The van der Waals surface area contributed by atoms with E-state index in [1.807, 2.05) is 0 Å². The summed E-state index contributed by atoms with van der Waals surface area (Å²) in [7, 11) is 5.52. The molecule has 1 rings (SSSR count). The molecule has 0 spiro atoms. The smallest absolute Gasteiger partial charge is 0.308 e. The molecule has 8 nitrogen and oxygen atoms in total. The third-order valence-corrected chi connectivity index (χ3v) is 2.64. The van der Waals surface area contributed by atoms with Gasteiger partial charge < -0.3 is 14.3 Å². The normalized spacial score (nSPS) is 10.9. The van der Waals surface area contributed by atoms with Crippen molar-refractivity contribution in [2.75, 3.05) is 28.4 Å². The molecule has 0 saturated heterocycles. The van der Waals surface area contributed by atoms with Crippen molar-refractivity contribution in [3.05, 3.63) is 23.8 Å². The van der Waals surface area contributed by atoms with Gasteiger partial charge in [-0.1, -0.05) is 5.16 Å². The van der Waals surface area contributed by atoms with Gasteiger partial charge in [-0.25, -0.2) is 5.06 Å². The maximum absolute atomic E-state index is 12.3. The van der Waals surface area contributed by atoms with Gasteiger partial charge in [-0.2, -0.15) is 0 Å². The number of methoxy groups -OCH3 is 1. The van der Waals surface area contributed by atoms with Crippen molar-refractivity contribution in [2.24, 2.45) is 5.16 Å². The van der Waals surface area contributed by atoms with E-state index < -0.39 is 11.9 Å². The molecule has 0 N–H and O–H groups in total. The predicted molar refractivity (Wildman–Crippen MR) is 77.6 cm³/mol. The number of hydrogen-bond donors (Lipinski definition) is 0. The van der Waals surface area contributed by atoms with E-state index in [0.29, 0.717) is 5.75 Å². The quantitative estimate of drug-likeness (QED) is 0.337. The van der Waals surface area contributed by atoms with Crippen LogP contribution < -0.4 is 9.47 Å². The van der Waals surface area contributed by atoms with Crippen LogP contribution in [0, 0.1) is 0 Å². The van der Waals surface area contributed by atoms with Crippen molar-refractivity contribution < 1.29 is 28.7 Å². The minimum absolute atomic E-state index is 0.0954. The first kappa shape index (κ1) is 17.4. The number of rotatable bonds is 6. The van der Waals surface area contributed by atoms with Crippen molar-refractivity contribution in [3.8, 4) is 11.5 Å². The van der Waals surface area contributed by atoms with E-state index in [1.54, 1.807) is 6.07 Å². The first-order valence-electron chi connectivity index (χ1n) is 6.24. The van der Waals surface area contributed by atoms with Crippen LogP contribution >= 0.6 is 0 Å². The summed E-state index contributed by atoms with van der Waals surface area (Å²) >= 11 is 0. The highest BCUT2D eigenvalue weighted by molar-refractivity contribution is 6.45. The minimum Gasteiger partial charge on any atom is -0.497 e. The van der Waals surface area contributed by atoms with Gasteiger partial charge in [-0.15, -0.1) is 0 Å². The first-order valence-corrected chi connectivity index (χ1v) is 6.24. The lowest BCUT2D eigenvalue weighted by atomic mass is 10.1. The van der Waals surface area contributed by atoms with Crippen LogP contribution in [0.3, 0.4) is 0 Å². The molecule has 1 aromatic carbocycles. The Morgan fingerprint density at radius 3 is 2.36 bits per heavy atom. The topological polar surface area (TPSA) is 86.7 Å². The van der Waals surface area contributed by atoms with Crippen LogP contribution in [0.5, 0.6) is 11.5 Å². The molecule has 1 aromatic rings. The van der Waals surface area contributed by atoms with Crippen LogP contribution in [0.25, 0.3) is 0 Å². The molecule has 0 aliphatic rings. The van der Waals surface area contributed by atoms with Crippen LogP contribution in [0.4, 0.5) is 0 Å². The fourth-order valence-corrected chi connectivity index (χ4v) is 1.59. The highest BCUT2D eigenvalue weighted by Gasteiger charge is 2.24. The number of benzene rings is 1. The number of esters is 1. The molecule has 22 heavy (non-hydrogen) atoms. The lowest BCUT2D eigenvalue weighted by Crippen LogP contribution is -2.33. The molecule has 0 saturated carbocycles. The second-order valence-electron chi connectivity index (χ2n) is 4.06. The highest BCUT2D eigenvalue weighted by atomic mass is 16.7. The fraction of sp³-hybridized carbons (Fsp3) is 0.357. The average Bonchev–Trinajstić information content (AvgIpc) is 2.51. The van der Waals surface area contributed by atoms with Crippen LogP contribution in [0.1, 0.15) is 12.5 Å². The molecular weight excluding hydrogens is 292 g/mol. The van der Waals surface area contributed by atoms with Gasteiger partial charge in [-0.05, 0) is 18.2 Å². The van der Waals surface area contributed by atoms with E-state index in [4.69, 9.17) is 19.1 Å². The number of oxime groups is 1. The Kier molecular flexibility index (Phi) is 6.33. The van der Waals surface area contributed by atoms with Gasteiger partial charge in [0.1, 0.15) is 18.6 Å². The Labute approximate surface area is 128 Å². The van der Waals surface area contributed by atoms with E-state index in [9.17, 15) is 9.59 Å². The summed E-state index contributed by atoms with van der Waals surface area (Å²) < 4.78 is 10.2. The lowest BCUT2D eigenvalue weighted by molar-refractivity contribution is -0.160. The van der Waals surface area contributed by atoms with E-state index >= 15 is 0 Å². The number of ether oxygens (including phenoxy) is 2. The molecule has 0 aliphatic carbocycles. The molecular formula is C14H18N2O6. The van der Waals surface area contributed by atoms with Crippen molar-refractivity contribution in [3.63, 3.8) is 0 Å². The molecule has 0 aromatic heterocycles. The zero-order chi connectivity index (χ0) is 16.7. The summed E-state index contributed by atoms with van der Waals surface area (Å²) in [5, 5.41) is 4.67. The molecule has 0 unspecified atom stereocenters. The van der Waals surface area contributed by atoms with Gasteiger partial charge in [0.25, 0.3) is 5.91 Å². The van der Waals surface area contributed by atoms with Gasteiger partial charge in [0.05, 0.1) is 19.8 Å². The van der Waals surface area contributed by atoms with E-state index in [0.717, 1.165) is 5.06 Å². The van der Waals surface area contributed by atoms with Crippen LogP contribution in [0.15, 0.2) is 23.4 Å². The van der Waals surface area contributed by atoms with Gasteiger partial charge >= 0.3 is 5.97 Å². The maximum Gasteiger partial charge on any atom is 0.308 e. The Morgan fingerprint density at radius 1 is 1.18 bits per heavy atom. The molecule has 8 heteroatoms. The third kappa shape index (κ3) is 4.19.